The van der Waals surface area contributed by atoms with Gasteiger partial charge in [0.25, 0.3) is 5.91 Å². The predicted molar refractivity (Wildman–Crippen MR) is 136 cm³/mol. The molecule has 3 aromatic rings. The third-order valence-corrected chi connectivity index (χ3v) is 6.29. The van der Waals surface area contributed by atoms with Crippen LogP contribution in [0.5, 0.6) is 17.2 Å². The summed E-state index contributed by atoms with van der Waals surface area (Å²) in [7, 11) is 0. The van der Waals surface area contributed by atoms with Gasteiger partial charge in [-0.05, 0) is 61.4 Å². The topological polar surface area (TPSA) is 94.1 Å². The second kappa shape index (κ2) is 11.6. The lowest BCUT2D eigenvalue weighted by molar-refractivity contribution is -0.139. The number of hydrogen-bond donors (Lipinski definition) is 2. The SMILES string of the molecule is CCOC(Cc1ccc(Cl)cc1)NC(=O)c1ccc(Oc2cc3c(cc2Cl)C(C(=O)O)CCO3)cc1. The van der Waals surface area contributed by atoms with Gasteiger partial charge in [-0.15, -0.1) is 0 Å². The zero-order valence-electron chi connectivity index (χ0n) is 19.5. The van der Waals surface area contributed by atoms with Gasteiger partial charge in [-0.1, -0.05) is 35.3 Å². The van der Waals surface area contributed by atoms with Crippen molar-refractivity contribution in [3.8, 4) is 17.2 Å². The van der Waals surface area contributed by atoms with E-state index in [1.807, 2.05) is 19.1 Å². The first-order chi connectivity index (χ1) is 17.3. The molecule has 1 aliphatic rings. The summed E-state index contributed by atoms with van der Waals surface area (Å²) in [5.74, 6) is -0.642. The van der Waals surface area contributed by atoms with Gasteiger partial charge in [0.1, 0.15) is 23.5 Å². The van der Waals surface area contributed by atoms with Crippen LogP contribution >= 0.6 is 23.2 Å². The van der Waals surface area contributed by atoms with Crippen LogP contribution in [-0.4, -0.2) is 36.4 Å². The molecule has 0 saturated heterocycles. The molecule has 0 radical (unpaired) electrons. The fourth-order valence-electron chi connectivity index (χ4n) is 3.94. The average Bonchev–Trinajstić information content (AvgIpc) is 2.86. The van der Waals surface area contributed by atoms with Crippen LogP contribution in [0.4, 0.5) is 0 Å². The maximum atomic E-state index is 12.8. The number of carboxylic acid groups (broad SMARTS) is 1. The fourth-order valence-corrected chi connectivity index (χ4v) is 4.28. The number of nitrogens with one attached hydrogen (secondary N) is 1. The Morgan fingerprint density at radius 2 is 1.83 bits per heavy atom. The van der Waals surface area contributed by atoms with Crippen molar-refractivity contribution in [2.75, 3.05) is 13.2 Å². The normalized spacial score (nSPS) is 15.4. The molecule has 1 heterocycles. The van der Waals surface area contributed by atoms with Gasteiger partial charge >= 0.3 is 5.97 Å². The number of carbonyl (C=O) groups excluding carboxylic acids is 1. The molecule has 0 aliphatic carbocycles. The van der Waals surface area contributed by atoms with Gasteiger partial charge in [0.15, 0.2) is 0 Å². The van der Waals surface area contributed by atoms with Crippen LogP contribution in [-0.2, 0) is 16.0 Å². The molecule has 36 heavy (non-hydrogen) atoms. The van der Waals surface area contributed by atoms with Gasteiger partial charge in [0, 0.05) is 35.2 Å². The predicted octanol–water partition coefficient (Wildman–Crippen LogP) is 6.07. The van der Waals surface area contributed by atoms with E-state index in [0.29, 0.717) is 59.5 Å². The summed E-state index contributed by atoms with van der Waals surface area (Å²) in [5, 5.41) is 13.3. The number of amides is 1. The van der Waals surface area contributed by atoms with Crippen molar-refractivity contribution in [3.63, 3.8) is 0 Å². The summed E-state index contributed by atoms with van der Waals surface area (Å²) < 4.78 is 17.2. The molecule has 0 fully saturated rings. The third kappa shape index (κ3) is 6.29. The molecule has 3 aromatic carbocycles. The Labute approximate surface area is 218 Å². The number of aliphatic carboxylic acids is 1. The summed E-state index contributed by atoms with van der Waals surface area (Å²) in [4.78, 5) is 24.3. The van der Waals surface area contributed by atoms with E-state index in [1.165, 1.54) is 0 Å². The lowest BCUT2D eigenvalue weighted by Crippen LogP contribution is -2.38. The van der Waals surface area contributed by atoms with E-state index in [1.54, 1.807) is 48.5 Å². The minimum Gasteiger partial charge on any atom is -0.493 e. The van der Waals surface area contributed by atoms with E-state index in [0.717, 1.165) is 5.56 Å². The molecular weight excluding hydrogens is 505 g/mol. The second-order valence-electron chi connectivity index (χ2n) is 8.22. The highest BCUT2D eigenvalue weighted by atomic mass is 35.5. The van der Waals surface area contributed by atoms with E-state index in [9.17, 15) is 14.7 Å². The molecule has 0 spiro atoms. The highest BCUT2D eigenvalue weighted by Gasteiger charge is 2.29. The van der Waals surface area contributed by atoms with Crippen LogP contribution < -0.4 is 14.8 Å². The molecule has 0 saturated carbocycles. The van der Waals surface area contributed by atoms with Crippen molar-refractivity contribution < 1.29 is 28.9 Å². The highest BCUT2D eigenvalue weighted by molar-refractivity contribution is 6.32. The van der Waals surface area contributed by atoms with Gasteiger partial charge < -0.3 is 24.6 Å². The van der Waals surface area contributed by atoms with Gasteiger partial charge in [0.05, 0.1) is 17.5 Å². The molecule has 0 bridgehead atoms. The first kappa shape index (κ1) is 25.8. The third-order valence-electron chi connectivity index (χ3n) is 5.74. The summed E-state index contributed by atoms with van der Waals surface area (Å²) >= 11 is 12.3. The van der Waals surface area contributed by atoms with Gasteiger partial charge in [0.2, 0.25) is 0 Å². The van der Waals surface area contributed by atoms with Crippen LogP contribution in [0.3, 0.4) is 0 Å². The average molecular weight is 530 g/mol. The maximum absolute atomic E-state index is 12.8. The highest BCUT2D eigenvalue weighted by Crippen LogP contribution is 2.41. The van der Waals surface area contributed by atoms with Crippen molar-refractivity contribution in [1.29, 1.82) is 0 Å². The monoisotopic (exact) mass is 529 g/mol. The smallest absolute Gasteiger partial charge is 0.311 e. The number of carbonyl (C=O) groups is 2. The minimum atomic E-state index is -0.919. The molecule has 7 nitrogen and oxygen atoms in total. The van der Waals surface area contributed by atoms with Crippen LogP contribution in [0.15, 0.2) is 60.7 Å². The Morgan fingerprint density at radius 3 is 2.50 bits per heavy atom. The molecular formula is C27H25Cl2NO6. The second-order valence-corrected chi connectivity index (χ2v) is 9.07. The molecule has 188 valence electrons. The van der Waals surface area contributed by atoms with Crippen molar-refractivity contribution in [2.45, 2.75) is 31.9 Å². The van der Waals surface area contributed by atoms with Crippen LogP contribution in [0.1, 0.15) is 40.7 Å². The summed E-state index contributed by atoms with van der Waals surface area (Å²) in [6.45, 7) is 2.62. The summed E-state index contributed by atoms with van der Waals surface area (Å²) in [6, 6.07) is 17.1. The van der Waals surface area contributed by atoms with Gasteiger partial charge in [-0.2, -0.15) is 0 Å². The standard InChI is InChI=1S/C27H25Cl2NO6/c1-2-34-25(13-16-3-7-18(28)8-4-16)30-26(31)17-5-9-19(10-6-17)36-24-15-23-21(14-22(24)29)20(27(32)33)11-12-35-23/h3-10,14-15,20,25H,2,11-13H2,1H3,(H,30,31)(H,32,33). The molecule has 2 N–H and O–H groups in total. The summed E-state index contributed by atoms with van der Waals surface area (Å²) in [6.07, 6.45) is 0.384. The first-order valence-corrected chi connectivity index (χ1v) is 12.2. The van der Waals surface area contributed by atoms with Gasteiger partial charge in [-0.3, -0.25) is 9.59 Å². The Balaban J connectivity index is 1.42. The largest absolute Gasteiger partial charge is 0.493 e. The van der Waals surface area contributed by atoms with Crippen molar-refractivity contribution in [1.82, 2.24) is 5.32 Å². The number of fused-ring (bicyclic) bond motifs is 1. The molecule has 2 atom stereocenters. The lowest BCUT2D eigenvalue weighted by Gasteiger charge is -2.24. The maximum Gasteiger partial charge on any atom is 0.311 e. The summed E-state index contributed by atoms with van der Waals surface area (Å²) in [5.41, 5.74) is 1.95. The van der Waals surface area contributed by atoms with Crippen LogP contribution in [0.25, 0.3) is 0 Å². The first-order valence-electron chi connectivity index (χ1n) is 11.5. The molecule has 1 aliphatic heterocycles. The van der Waals surface area contributed by atoms with Crippen molar-refractivity contribution in [3.05, 3.63) is 87.4 Å². The van der Waals surface area contributed by atoms with E-state index in [2.05, 4.69) is 5.32 Å². The number of halogens is 2. The molecule has 4 rings (SSSR count). The van der Waals surface area contributed by atoms with Crippen molar-refractivity contribution >= 4 is 35.1 Å². The molecule has 0 aromatic heterocycles. The van der Waals surface area contributed by atoms with E-state index < -0.39 is 18.1 Å². The van der Waals surface area contributed by atoms with E-state index >= 15 is 0 Å². The number of hydrogen-bond acceptors (Lipinski definition) is 5. The van der Waals surface area contributed by atoms with E-state index in [-0.39, 0.29) is 10.9 Å². The Hall–Kier alpha value is -3.26. The van der Waals surface area contributed by atoms with Gasteiger partial charge in [-0.25, -0.2) is 0 Å². The number of carboxylic acids is 1. The number of ether oxygens (including phenoxy) is 3. The van der Waals surface area contributed by atoms with E-state index in [4.69, 9.17) is 37.4 Å². The Kier molecular flexibility index (Phi) is 8.36. The zero-order valence-corrected chi connectivity index (χ0v) is 21.0. The minimum absolute atomic E-state index is 0.272. The number of rotatable bonds is 9. The zero-order chi connectivity index (χ0) is 25.7. The fraction of sp³-hybridized carbons (Fsp3) is 0.259. The Morgan fingerprint density at radius 1 is 1.11 bits per heavy atom. The Bertz CT molecular complexity index is 1230. The van der Waals surface area contributed by atoms with Crippen LogP contribution in [0, 0.1) is 0 Å². The molecule has 1 amide bonds. The molecule has 2 unspecified atom stereocenters. The quantitative estimate of drug-likeness (QED) is 0.326. The lowest BCUT2D eigenvalue weighted by atomic mass is 9.93. The number of benzene rings is 3. The molecule has 9 heteroatoms. The van der Waals surface area contributed by atoms with Crippen LogP contribution in [0.2, 0.25) is 10.0 Å². The van der Waals surface area contributed by atoms with Crippen molar-refractivity contribution in [2.24, 2.45) is 0 Å².